The Morgan fingerprint density at radius 2 is 1.55 bits per heavy atom. The molecule has 31 heavy (non-hydrogen) atoms. The first-order valence-electron chi connectivity index (χ1n) is 10.3. The third kappa shape index (κ3) is 4.67. The fraction of sp³-hybridized carbons (Fsp3) is 0.154. The minimum absolute atomic E-state index is 0.1000. The van der Waals surface area contributed by atoms with E-state index in [1.807, 2.05) is 73.7 Å². The van der Waals surface area contributed by atoms with E-state index in [-0.39, 0.29) is 11.9 Å². The van der Waals surface area contributed by atoms with Gasteiger partial charge in [-0.25, -0.2) is 4.98 Å². The Kier molecular flexibility index (Phi) is 6.14. The molecular weight excluding hydrogens is 402 g/mol. The molecule has 0 saturated heterocycles. The van der Waals surface area contributed by atoms with E-state index >= 15 is 0 Å². The van der Waals surface area contributed by atoms with Gasteiger partial charge in [-0.05, 0) is 44.5 Å². The Morgan fingerprint density at radius 3 is 2.23 bits per heavy atom. The van der Waals surface area contributed by atoms with Gasteiger partial charge in [0.2, 0.25) is 0 Å². The van der Waals surface area contributed by atoms with E-state index in [9.17, 15) is 4.79 Å². The van der Waals surface area contributed by atoms with Gasteiger partial charge in [0.25, 0.3) is 11.7 Å². The molecule has 0 aliphatic heterocycles. The number of anilines is 2. The largest absolute Gasteiger partial charge is 0.313 e. The predicted molar refractivity (Wildman–Crippen MR) is 128 cm³/mol. The quantitative estimate of drug-likeness (QED) is 0.399. The SMILES string of the molecule is Cc1cccc(NC(c2ccccc2)c2c(NC(=O)c3ccccc3)sc(C)c2C)[nH+]1. The summed E-state index contributed by atoms with van der Waals surface area (Å²) in [6.07, 6.45) is 0. The number of nitrogens with one attached hydrogen (secondary N) is 3. The van der Waals surface area contributed by atoms with Gasteiger partial charge in [-0.15, -0.1) is 11.3 Å². The summed E-state index contributed by atoms with van der Waals surface area (Å²) in [6, 6.07) is 25.6. The van der Waals surface area contributed by atoms with Crippen LogP contribution in [0.5, 0.6) is 0 Å². The lowest BCUT2D eigenvalue weighted by molar-refractivity contribution is -0.371. The van der Waals surface area contributed by atoms with Gasteiger partial charge in [0, 0.05) is 27.6 Å². The fourth-order valence-corrected chi connectivity index (χ4v) is 4.74. The summed E-state index contributed by atoms with van der Waals surface area (Å²) >= 11 is 1.62. The lowest BCUT2D eigenvalue weighted by atomic mass is 9.96. The van der Waals surface area contributed by atoms with Gasteiger partial charge < -0.3 is 5.32 Å². The first-order chi connectivity index (χ1) is 15.0. The molecule has 0 aliphatic rings. The van der Waals surface area contributed by atoms with Crippen LogP contribution in [0.1, 0.15) is 43.7 Å². The zero-order valence-electron chi connectivity index (χ0n) is 17.9. The van der Waals surface area contributed by atoms with Crippen LogP contribution < -0.4 is 15.6 Å². The second kappa shape index (κ2) is 9.14. The Bertz CT molecular complexity index is 1190. The zero-order valence-corrected chi connectivity index (χ0v) is 18.7. The molecule has 3 N–H and O–H groups in total. The predicted octanol–water partition coefficient (Wildman–Crippen LogP) is 5.94. The number of carbonyl (C=O) groups excluding carboxylic acids is 1. The van der Waals surface area contributed by atoms with E-state index in [1.165, 1.54) is 10.4 Å². The molecule has 1 atom stereocenters. The summed E-state index contributed by atoms with van der Waals surface area (Å²) in [7, 11) is 0. The zero-order chi connectivity index (χ0) is 21.8. The van der Waals surface area contributed by atoms with Crippen LogP contribution in [0.2, 0.25) is 0 Å². The van der Waals surface area contributed by atoms with Crippen molar-refractivity contribution in [3.8, 4) is 0 Å². The minimum atomic E-state index is -0.115. The molecule has 0 bridgehead atoms. The standard InChI is InChI=1S/C26H25N3OS/c1-17-11-10-16-22(27-17)28-24(20-12-6-4-7-13-20)23-18(2)19(3)31-26(23)29-25(30)21-14-8-5-9-15-21/h4-16,24H,1-3H3,(H,27,28)(H,29,30)/p+1. The first-order valence-corrected chi connectivity index (χ1v) is 11.1. The summed E-state index contributed by atoms with van der Waals surface area (Å²) in [5, 5.41) is 7.70. The third-order valence-corrected chi connectivity index (χ3v) is 6.50. The molecule has 2 aromatic heterocycles. The van der Waals surface area contributed by atoms with Gasteiger partial charge in [0.1, 0.15) is 11.0 Å². The van der Waals surface area contributed by atoms with E-state index < -0.39 is 0 Å². The number of H-pyrrole nitrogens is 1. The summed E-state index contributed by atoms with van der Waals surface area (Å²) in [4.78, 5) is 17.5. The molecule has 2 aromatic carbocycles. The number of rotatable bonds is 6. The molecule has 4 nitrogen and oxygen atoms in total. The summed E-state index contributed by atoms with van der Waals surface area (Å²) in [6.45, 7) is 6.26. The van der Waals surface area contributed by atoms with E-state index in [2.05, 4.69) is 41.6 Å². The number of aromatic amines is 1. The topological polar surface area (TPSA) is 55.3 Å². The Balaban J connectivity index is 1.76. The first kappa shape index (κ1) is 20.8. The number of hydrogen-bond acceptors (Lipinski definition) is 3. The smallest absolute Gasteiger partial charge is 0.273 e. The summed E-state index contributed by atoms with van der Waals surface area (Å²) in [5.74, 6) is 0.828. The van der Waals surface area contributed by atoms with E-state index in [0.717, 1.165) is 27.6 Å². The van der Waals surface area contributed by atoms with Gasteiger partial charge in [0.05, 0.1) is 5.69 Å². The molecule has 0 aliphatic carbocycles. The average molecular weight is 429 g/mol. The van der Waals surface area contributed by atoms with Gasteiger partial charge in [-0.1, -0.05) is 54.6 Å². The van der Waals surface area contributed by atoms with Crippen molar-refractivity contribution in [3.63, 3.8) is 0 Å². The van der Waals surface area contributed by atoms with Crippen molar-refractivity contribution in [1.82, 2.24) is 0 Å². The molecule has 2 heterocycles. The van der Waals surface area contributed by atoms with E-state index in [1.54, 1.807) is 11.3 Å². The number of amides is 1. The van der Waals surface area contributed by atoms with Crippen molar-refractivity contribution in [1.29, 1.82) is 0 Å². The Morgan fingerprint density at radius 1 is 0.871 bits per heavy atom. The van der Waals surface area contributed by atoms with Crippen molar-refractivity contribution in [2.75, 3.05) is 10.6 Å². The van der Waals surface area contributed by atoms with Crippen molar-refractivity contribution in [2.24, 2.45) is 0 Å². The summed E-state index contributed by atoms with van der Waals surface area (Å²) in [5.41, 5.74) is 5.13. The molecule has 5 heteroatoms. The van der Waals surface area contributed by atoms with Crippen LogP contribution >= 0.6 is 11.3 Å². The number of carbonyl (C=O) groups is 1. The van der Waals surface area contributed by atoms with Crippen LogP contribution in [0.4, 0.5) is 10.8 Å². The van der Waals surface area contributed by atoms with Crippen molar-refractivity contribution in [3.05, 3.63) is 112 Å². The highest BCUT2D eigenvalue weighted by Crippen LogP contribution is 2.40. The molecule has 0 fully saturated rings. The maximum atomic E-state index is 12.9. The van der Waals surface area contributed by atoms with Gasteiger partial charge in [0.15, 0.2) is 0 Å². The van der Waals surface area contributed by atoms with Crippen LogP contribution in [0, 0.1) is 20.8 Å². The van der Waals surface area contributed by atoms with Gasteiger partial charge in [-0.2, -0.15) is 0 Å². The van der Waals surface area contributed by atoms with Crippen molar-refractivity contribution >= 4 is 28.1 Å². The monoisotopic (exact) mass is 428 g/mol. The van der Waals surface area contributed by atoms with Crippen LogP contribution in [-0.2, 0) is 0 Å². The lowest BCUT2D eigenvalue weighted by Crippen LogP contribution is -2.22. The molecule has 0 spiro atoms. The molecule has 156 valence electrons. The fourth-order valence-electron chi connectivity index (χ4n) is 3.64. The highest BCUT2D eigenvalue weighted by Gasteiger charge is 2.28. The molecule has 1 amide bonds. The Labute approximate surface area is 187 Å². The lowest BCUT2D eigenvalue weighted by Gasteiger charge is -2.18. The normalized spacial score (nSPS) is 11.7. The van der Waals surface area contributed by atoms with Crippen LogP contribution in [-0.4, -0.2) is 5.91 Å². The number of aromatic nitrogens is 1. The van der Waals surface area contributed by atoms with Crippen molar-refractivity contribution < 1.29 is 9.78 Å². The van der Waals surface area contributed by atoms with E-state index in [4.69, 9.17) is 0 Å². The number of aryl methyl sites for hydroxylation is 2. The molecule has 0 radical (unpaired) electrons. The summed E-state index contributed by atoms with van der Waals surface area (Å²) < 4.78 is 0. The maximum absolute atomic E-state index is 12.9. The van der Waals surface area contributed by atoms with E-state index in [0.29, 0.717) is 5.56 Å². The molecule has 4 aromatic rings. The maximum Gasteiger partial charge on any atom is 0.273 e. The van der Waals surface area contributed by atoms with Crippen LogP contribution in [0.15, 0.2) is 78.9 Å². The average Bonchev–Trinajstić information content (AvgIpc) is 3.06. The number of hydrogen-bond donors (Lipinski definition) is 2. The van der Waals surface area contributed by atoms with Crippen molar-refractivity contribution in [2.45, 2.75) is 26.8 Å². The highest BCUT2D eigenvalue weighted by atomic mass is 32.1. The third-order valence-electron chi connectivity index (χ3n) is 5.36. The highest BCUT2D eigenvalue weighted by molar-refractivity contribution is 7.16. The number of thiophene rings is 1. The van der Waals surface area contributed by atoms with Gasteiger partial charge >= 0.3 is 0 Å². The number of pyridine rings is 1. The molecule has 4 rings (SSSR count). The minimum Gasteiger partial charge on any atom is -0.313 e. The Hall–Kier alpha value is -3.44. The molecule has 1 unspecified atom stereocenters. The molecular formula is C26H26N3OS+. The number of benzene rings is 2. The second-order valence-corrected chi connectivity index (χ2v) is 8.81. The van der Waals surface area contributed by atoms with Crippen LogP contribution in [0.3, 0.4) is 0 Å². The second-order valence-electron chi connectivity index (χ2n) is 7.58. The van der Waals surface area contributed by atoms with Crippen LogP contribution in [0.25, 0.3) is 0 Å². The molecule has 0 saturated carbocycles. The van der Waals surface area contributed by atoms with Gasteiger partial charge in [-0.3, -0.25) is 10.1 Å².